The molecular weight excluding hydrogens is 388 g/mol. The highest BCUT2D eigenvalue weighted by atomic mass is 32.1. The summed E-state index contributed by atoms with van der Waals surface area (Å²) in [5.41, 5.74) is 2.75. The molecule has 0 bridgehead atoms. The molecule has 3 rings (SSSR count). The Hall–Kier alpha value is -3.06. The molecule has 0 aromatic heterocycles. The first-order chi connectivity index (χ1) is 14.1. The van der Waals surface area contributed by atoms with Crippen LogP contribution in [0.4, 0.5) is 0 Å². The number of hydrogen-bond acceptors (Lipinski definition) is 5. The van der Waals surface area contributed by atoms with Crippen molar-refractivity contribution in [3.05, 3.63) is 65.2 Å². The van der Waals surface area contributed by atoms with Crippen LogP contribution in [0.2, 0.25) is 0 Å². The van der Waals surface area contributed by atoms with Crippen molar-refractivity contribution in [2.24, 2.45) is 0 Å². The minimum absolute atomic E-state index is 0.272. The molecule has 0 saturated carbocycles. The second kappa shape index (κ2) is 9.43. The standard InChI is InChI=1S/C22H24N2O4S/c1-4-27-17-13-15(11-12-16(17)26-3)20-18(21(25)28-5-2)19(23-22(29)24-20)14-9-7-6-8-10-14/h6-13,20H,4-5H2,1-3H3,(H2,23,24,29)/t20-/m0/s1. The Balaban J connectivity index is 2.16. The summed E-state index contributed by atoms with van der Waals surface area (Å²) in [6.45, 7) is 4.45. The van der Waals surface area contributed by atoms with Crippen molar-refractivity contribution in [2.45, 2.75) is 19.9 Å². The molecule has 0 radical (unpaired) electrons. The van der Waals surface area contributed by atoms with E-state index in [0.29, 0.717) is 34.5 Å². The van der Waals surface area contributed by atoms with Gasteiger partial charge < -0.3 is 24.8 Å². The fraction of sp³-hybridized carbons (Fsp3) is 0.273. The van der Waals surface area contributed by atoms with E-state index in [0.717, 1.165) is 11.1 Å². The number of hydrogen-bond donors (Lipinski definition) is 2. The number of benzene rings is 2. The summed E-state index contributed by atoms with van der Waals surface area (Å²) in [5, 5.41) is 6.75. The van der Waals surface area contributed by atoms with Gasteiger partial charge in [0.2, 0.25) is 0 Å². The minimum atomic E-state index is -0.497. The van der Waals surface area contributed by atoms with E-state index in [4.69, 9.17) is 26.4 Å². The van der Waals surface area contributed by atoms with E-state index in [1.165, 1.54) is 0 Å². The molecule has 29 heavy (non-hydrogen) atoms. The fourth-order valence-electron chi connectivity index (χ4n) is 3.22. The van der Waals surface area contributed by atoms with Crippen molar-refractivity contribution in [1.82, 2.24) is 10.6 Å². The third-order valence-electron chi connectivity index (χ3n) is 4.45. The first-order valence-corrected chi connectivity index (χ1v) is 9.84. The number of carbonyl (C=O) groups excluding carboxylic acids is 1. The molecule has 152 valence electrons. The number of esters is 1. The molecule has 0 amide bonds. The molecule has 1 atom stereocenters. The van der Waals surface area contributed by atoms with Gasteiger partial charge in [0.05, 0.1) is 37.6 Å². The zero-order chi connectivity index (χ0) is 20.8. The first kappa shape index (κ1) is 20.7. The summed E-state index contributed by atoms with van der Waals surface area (Å²) in [5.74, 6) is 0.813. The molecule has 0 fully saturated rings. The molecule has 2 N–H and O–H groups in total. The van der Waals surface area contributed by atoms with Gasteiger partial charge in [-0.3, -0.25) is 0 Å². The third-order valence-corrected chi connectivity index (χ3v) is 4.67. The van der Waals surface area contributed by atoms with Gasteiger partial charge in [0.25, 0.3) is 0 Å². The summed E-state index contributed by atoms with van der Waals surface area (Å²) in [4.78, 5) is 12.9. The number of thiocarbonyl (C=S) groups is 1. The Bertz CT molecular complexity index is 928. The van der Waals surface area contributed by atoms with Crippen molar-refractivity contribution >= 4 is 29.0 Å². The van der Waals surface area contributed by atoms with Crippen LogP contribution in [0.15, 0.2) is 54.1 Å². The highest BCUT2D eigenvalue weighted by Gasteiger charge is 2.33. The van der Waals surface area contributed by atoms with E-state index >= 15 is 0 Å². The number of methoxy groups -OCH3 is 1. The molecule has 2 aromatic rings. The van der Waals surface area contributed by atoms with E-state index in [1.54, 1.807) is 14.0 Å². The van der Waals surface area contributed by atoms with E-state index in [9.17, 15) is 4.79 Å². The van der Waals surface area contributed by atoms with E-state index < -0.39 is 12.0 Å². The largest absolute Gasteiger partial charge is 0.493 e. The smallest absolute Gasteiger partial charge is 0.338 e. The maximum absolute atomic E-state index is 12.9. The average molecular weight is 413 g/mol. The highest BCUT2D eigenvalue weighted by molar-refractivity contribution is 7.80. The van der Waals surface area contributed by atoms with E-state index in [-0.39, 0.29) is 6.61 Å². The van der Waals surface area contributed by atoms with Gasteiger partial charge in [-0.05, 0) is 49.3 Å². The Labute approximate surface area is 175 Å². The quantitative estimate of drug-likeness (QED) is 0.532. The SMILES string of the molecule is CCOC(=O)C1=C(c2ccccc2)NC(=S)N[C@H]1c1ccc(OC)c(OCC)c1. The fourth-order valence-corrected chi connectivity index (χ4v) is 3.44. The zero-order valence-electron chi connectivity index (χ0n) is 16.7. The van der Waals surface area contributed by atoms with Crippen LogP contribution in [0.1, 0.15) is 31.0 Å². The number of rotatable bonds is 7. The monoisotopic (exact) mass is 412 g/mol. The first-order valence-electron chi connectivity index (χ1n) is 9.44. The van der Waals surface area contributed by atoms with Crippen molar-refractivity contribution in [3.8, 4) is 11.5 Å². The summed E-state index contributed by atoms with van der Waals surface area (Å²) >= 11 is 5.43. The van der Waals surface area contributed by atoms with Crippen molar-refractivity contribution in [2.75, 3.05) is 20.3 Å². The van der Waals surface area contributed by atoms with Crippen LogP contribution in [0.5, 0.6) is 11.5 Å². The Morgan fingerprint density at radius 3 is 2.48 bits per heavy atom. The maximum Gasteiger partial charge on any atom is 0.338 e. The summed E-state index contributed by atoms with van der Waals surface area (Å²) in [7, 11) is 1.59. The molecule has 0 aliphatic carbocycles. The predicted octanol–water partition coefficient (Wildman–Crippen LogP) is 3.59. The second-order valence-electron chi connectivity index (χ2n) is 6.25. The van der Waals surface area contributed by atoms with Crippen LogP contribution in [0.3, 0.4) is 0 Å². The van der Waals surface area contributed by atoms with Crippen LogP contribution < -0.4 is 20.1 Å². The second-order valence-corrected chi connectivity index (χ2v) is 6.66. The van der Waals surface area contributed by atoms with Gasteiger partial charge in [-0.25, -0.2) is 4.79 Å². The predicted molar refractivity (Wildman–Crippen MR) is 116 cm³/mol. The summed E-state index contributed by atoms with van der Waals surface area (Å²) in [6, 6.07) is 14.6. The average Bonchev–Trinajstić information content (AvgIpc) is 2.74. The molecule has 0 saturated heterocycles. The van der Waals surface area contributed by atoms with Crippen LogP contribution in [0.25, 0.3) is 5.70 Å². The highest BCUT2D eigenvalue weighted by Crippen LogP contribution is 2.36. The lowest BCUT2D eigenvalue weighted by Gasteiger charge is -2.31. The molecule has 6 nitrogen and oxygen atoms in total. The minimum Gasteiger partial charge on any atom is -0.493 e. The van der Waals surface area contributed by atoms with Gasteiger partial charge >= 0.3 is 5.97 Å². The zero-order valence-corrected chi connectivity index (χ0v) is 17.5. The summed E-state index contributed by atoms with van der Waals surface area (Å²) < 4.78 is 16.5. The van der Waals surface area contributed by atoms with Crippen LogP contribution in [-0.2, 0) is 9.53 Å². The third kappa shape index (κ3) is 4.51. The molecule has 0 unspecified atom stereocenters. The normalized spacial score (nSPS) is 16.0. The number of carbonyl (C=O) groups is 1. The van der Waals surface area contributed by atoms with Gasteiger partial charge in [-0.15, -0.1) is 0 Å². The lowest BCUT2D eigenvalue weighted by atomic mass is 9.92. The molecule has 1 aliphatic rings. The summed E-state index contributed by atoms with van der Waals surface area (Å²) in [6.07, 6.45) is 0. The van der Waals surface area contributed by atoms with Gasteiger partial charge in [-0.2, -0.15) is 0 Å². The molecular formula is C22H24N2O4S. The van der Waals surface area contributed by atoms with Gasteiger partial charge in [0.15, 0.2) is 16.6 Å². The lowest BCUT2D eigenvalue weighted by molar-refractivity contribution is -0.138. The van der Waals surface area contributed by atoms with Crippen LogP contribution >= 0.6 is 12.2 Å². The van der Waals surface area contributed by atoms with Gasteiger partial charge in [0, 0.05) is 0 Å². The lowest BCUT2D eigenvalue weighted by Crippen LogP contribution is -2.45. The molecule has 2 aromatic carbocycles. The van der Waals surface area contributed by atoms with Crippen molar-refractivity contribution in [1.29, 1.82) is 0 Å². The molecule has 7 heteroatoms. The number of ether oxygens (including phenoxy) is 3. The Morgan fingerprint density at radius 1 is 1.07 bits per heavy atom. The van der Waals surface area contributed by atoms with E-state index in [2.05, 4.69) is 10.6 Å². The Morgan fingerprint density at radius 2 is 1.83 bits per heavy atom. The molecule has 0 spiro atoms. The van der Waals surface area contributed by atoms with E-state index in [1.807, 2.05) is 55.5 Å². The number of nitrogens with one attached hydrogen (secondary N) is 2. The van der Waals surface area contributed by atoms with Crippen molar-refractivity contribution < 1.29 is 19.0 Å². The maximum atomic E-state index is 12.9. The van der Waals surface area contributed by atoms with Crippen LogP contribution in [0, 0.1) is 0 Å². The van der Waals surface area contributed by atoms with Crippen LogP contribution in [-0.4, -0.2) is 31.4 Å². The van der Waals surface area contributed by atoms with Crippen molar-refractivity contribution in [3.63, 3.8) is 0 Å². The molecule has 1 aliphatic heterocycles. The van der Waals surface area contributed by atoms with Gasteiger partial charge in [-0.1, -0.05) is 36.4 Å². The molecule has 1 heterocycles. The van der Waals surface area contributed by atoms with Gasteiger partial charge in [0.1, 0.15) is 0 Å². The topological polar surface area (TPSA) is 68.8 Å². The Kier molecular flexibility index (Phi) is 6.72.